The summed E-state index contributed by atoms with van der Waals surface area (Å²) in [6, 6.07) is 9.80. The first kappa shape index (κ1) is 17.6. The Balaban J connectivity index is 2.26. The molecule has 0 aliphatic carbocycles. The van der Waals surface area contributed by atoms with Crippen LogP contribution in [-0.4, -0.2) is 55.8 Å². The number of ether oxygens (including phenoxy) is 1. The molecule has 1 aromatic rings. The standard InChI is InChI=1S/C16H26N2O3/c1-13(9-17-2)16(20)18(3)10-15(19)12-21-11-14-7-5-4-6-8-14/h4-8,13,15,17,19H,9-12H2,1-3H3. The van der Waals surface area contributed by atoms with Crippen molar-refractivity contribution in [2.45, 2.75) is 19.6 Å². The molecule has 0 radical (unpaired) electrons. The summed E-state index contributed by atoms with van der Waals surface area (Å²) in [6.45, 7) is 3.46. The van der Waals surface area contributed by atoms with Crippen LogP contribution in [0.5, 0.6) is 0 Å². The number of benzene rings is 1. The van der Waals surface area contributed by atoms with Crippen molar-refractivity contribution in [3.8, 4) is 0 Å². The summed E-state index contributed by atoms with van der Waals surface area (Å²) in [4.78, 5) is 13.6. The van der Waals surface area contributed by atoms with Crippen molar-refractivity contribution in [3.05, 3.63) is 35.9 Å². The Hall–Kier alpha value is -1.43. The van der Waals surface area contributed by atoms with Gasteiger partial charge in [-0.05, 0) is 12.6 Å². The molecule has 5 nitrogen and oxygen atoms in total. The number of aliphatic hydroxyl groups is 1. The Morgan fingerprint density at radius 2 is 2.05 bits per heavy atom. The third kappa shape index (κ3) is 6.71. The van der Waals surface area contributed by atoms with Gasteiger partial charge in [0.25, 0.3) is 0 Å². The zero-order chi connectivity index (χ0) is 15.7. The van der Waals surface area contributed by atoms with Gasteiger partial charge in [-0.2, -0.15) is 0 Å². The Morgan fingerprint density at radius 3 is 2.67 bits per heavy atom. The van der Waals surface area contributed by atoms with Crippen molar-refractivity contribution in [1.82, 2.24) is 10.2 Å². The highest BCUT2D eigenvalue weighted by molar-refractivity contribution is 5.78. The van der Waals surface area contributed by atoms with Crippen LogP contribution < -0.4 is 5.32 Å². The highest BCUT2D eigenvalue weighted by Crippen LogP contribution is 2.03. The predicted molar refractivity (Wildman–Crippen MR) is 82.8 cm³/mol. The van der Waals surface area contributed by atoms with Crippen molar-refractivity contribution < 1.29 is 14.6 Å². The number of hydrogen-bond donors (Lipinski definition) is 2. The van der Waals surface area contributed by atoms with Gasteiger partial charge >= 0.3 is 0 Å². The fraction of sp³-hybridized carbons (Fsp3) is 0.562. The lowest BCUT2D eigenvalue weighted by Gasteiger charge is -2.24. The molecular weight excluding hydrogens is 268 g/mol. The second kappa shape index (κ2) is 9.50. The summed E-state index contributed by atoms with van der Waals surface area (Å²) in [5, 5.41) is 12.9. The molecule has 1 amide bonds. The lowest BCUT2D eigenvalue weighted by molar-refractivity contribution is -0.135. The third-order valence-corrected chi connectivity index (χ3v) is 3.21. The molecule has 0 saturated carbocycles. The molecule has 2 atom stereocenters. The molecule has 0 fully saturated rings. The lowest BCUT2D eigenvalue weighted by atomic mass is 10.1. The summed E-state index contributed by atoms with van der Waals surface area (Å²) in [7, 11) is 3.52. The normalized spacial score (nSPS) is 13.7. The van der Waals surface area contributed by atoms with Crippen LogP contribution in [0.2, 0.25) is 0 Å². The van der Waals surface area contributed by atoms with E-state index in [9.17, 15) is 9.90 Å². The Morgan fingerprint density at radius 1 is 1.38 bits per heavy atom. The number of aliphatic hydroxyl groups excluding tert-OH is 1. The number of likely N-dealkylation sites (N-methyl/N-ethyl adjacent to an activating group) is 1. The molecule has 5 heteroatoms. The van der Waals surface area contributed by atoms with Gasteiger partial charge in [-0.3, -0.25) is 4.79 Å². The number of hydrogen-bond acceptors (Lipinski definition) is 4. The maximum absolute atomic E-state index is 12.0. The van der Waals surface area contributed by atoms with Gasteiger partial charge in [0.1, 0.15) is 0 Å². The van der Waals surface area contributed by atoms with Crippen LogP contribution in [0.4, 0.5) is 0 Å². The monoisotopic (exact) mass is 294 g/mol. The first-order valence-electron chi connectivity index (χ1n) is 7.24. The summed E-state index contributed by atoms with van der Waals surface area (Å²) in [5.41, 5.74) is 1.07. The van der Waals surface area contributed by atoms with E-state index >= 15 is 0 Å². The first-order chi connectivity index (χ1) is 10.0. The van der Waals surface area contributed by atoms with Crippen molar-refractivity contribution in [1.29, 1.82) is 0 Å². The molecule has 21 heavy (non-hydrogen) atoms. The molecule has 0 aliphatic heterocycles. The van der Waals surface area contributed by atoms with E-state index in [1.165, 1.54) is 0 Å². The zero-order valence-corrected chi connectivity index (χ0v) is 13.1. The molecule has 0 saturated heterocycles. The lowest BCUT2D eigenvalue weighted by Crippen LogP contribution is -2.41. The number of nitrogens with one attached hydrogen (secondary N) is 1. The van der Waals surface area contributed by atoms with Gasteiger partial charge in [0.05, 0.1) is 19.3 Å². The Kier molecular flexibility index (Phi) is 7.97. The zero-order valence-electron chi connectivity index (χ0n) is 13.1. The van der Waals surface area contributed by atoms with Crippen LogP contribution in [-0.2, 0) is 16.1 Å². The second-order valence-electron chi connectivity index (χ2n) is 5.33. The third-order valence-electron chi connectivity index (χ3n) is 3.21. The van der Waals surface area contributed by atoms with E-state index in [2.05, 4.69) is 5.32 Å². The highest BCUT2D eigenvalue weighted by Gasteiger charge is 2.19. The topological polar surface area (TPSA) is 61.8 Å². The molecule has 1 rings (SSSR count). The largest absolute Gasteiger partial charge is 0.389 e. The second-order valence-corrected chi connectivity index (χ2v) is 5.33. The van der Waals surface area contributed by atoms with Gasteiger partial charge in [-0.1, -0.05) is 37.3 Å². The molecule has 0 spiro atoms. The Bertz CT molecular complexity index is 411. The van der Waals surface area contributed by atoms with Gasteiger partial charge in [-0.15, -0.1) is 0 Å². The minimum absolute atomic E-state index is 0.0199. The summed E-state index contributed by atoms with van der Waals surface area (Å²) in [6.07, 6.45) is -0.676. The first-order valence-corrected chi connectivity index (χ1v) is 7.24. The number of nitrogens with zero attached hydrogens (tertiary/aromatic N) is 1. The maximum Gasteiger partial charge on any atom is 0.226 e. The maximum atomic E-state index is 12.0. The fourth-order valence-corrected chi connectivity index (χ4v) is 2.12. The van der Waals surface area contributed by atoms with Crippen LogP contribution in [0, 0.1) is 5.92 Å². The molecule has 0 heterocycles. The highest BCUT2D eigenvalue weighted by atomic mass is 16.5. The molecule has 0 aromatic heterocycles. The van der Waals surface area contributed by atoms with Crippen molar-refractivity contribution in [3.63, 3.8) is 0 Å². The van der Waals surface area contributed by atoms with Crippen LogP contribution in [0.3, 0.4) is 0 Å². The quantitative estimate of drug-likeness (QED) is 0.710. The molecule has 0 bridgehead atoms. The number of rotatable bonds is 9. The van der Waals surface area contributed by atoms with Crippen LogP contribution in [0.25, 0.3) is 0 Å². The number of carbonyl (C=O) groups is 1. The SMILES string of the molecule is CNCC(C)C(=O)N(C)CC(O)COCc1ccccc1. The summed E-state index contributed by atoms with van der Waals surface area (Å²) >= 11 is 0. The van der Waals surface area contributed by atoms with E-state index in [0.29, 0.717) is 13.2 Å². The van der Waals surface area contributed by atoms with Gasteiger partial charge < -0.3 is 20.1 Å². The average molecular weight is 294 g/mol. The van der Waals surface area contributed by atoms with Crippen molar-refractivity contribution in [2.75, 3.05) is 33.8 Å². The number of carbonyl (C=O) groups excluding carboxylic acids is 1. The van der Waals surface area contributed by atoms with E-state index in [4.69, 9.17) is 4.74 Å². The van der Waals surface area contributed by atoms with Crippen molar-refractivity contribution >= 4 is 5.91 Å². The average Bonchev–Trinajstić information content (AvgIpc) is 2.47. The molecular formula is C16H26N2O3. The van der Waals surface area contributed by atoms with Gasteiger partial charge in [0.2, 0.25) is 5.91 Å². The van der Waals surface area contributed by atoms with E-state index in [0.717, 1.165) is 5.56 Å². The molecule has 0 aliphatic rings. The molecule has 1 aromatic carbocycles. The predicted octanol–water partition coefficient (Wildman–Crippen LogP) is 0.878. The van der Waals surface area contributed by atoms with Crippen molar-refractivity contribution in [2.24, 2.45) is 5.92 Å². The van der Waals surface area contributed by atoms with E-state index in [1.54, 1.807) is 11.9 Å². The van der Waals surface area contributed by atoms with Crippen LogP contribution in [0.15, 0.2) is 30.3 Å². The van der Waals surface area contributed by atoms with E-state index in [-0.39, 0.29) is 25.0 Å². The molecule has 2 N–H and O–H groups in total. The molecule has 118 valence electrons. The van der Waals surface area contributed by atoms with Gasteiger partial charge in [0, 0.05) is 26.1 Å². The minimum Gasteiger partial charge on any atom is -0.389 e. The minimum atomic E-state index is -0.676. The van der Waals surface area contributed by atoms with Crippen LogP contribution in [0.1, 0.15) is 12.5 Å². The van der Waals surface area contributed by atoms with E-state index in [1.807, 2.05) is 44.3 Å². The Labute approximate surface area is 126 Å². The van der Waals surface area contributed by atoms with E-state index < -0.39 is 6.10 Å². The summed E-state index contributed by atoms with van der Waals surface area (Å²) < 4.78 is 5.47. The number of amides is 1. The van der Waals surface area contributed by atoms with Crippen LogP contribution >= 0.6 is 0 Å². The van der Waals surface area contributed by atoms with Gasteiger partial charge in [0.15, 0.2) is 0 Å². The fourth-order valence-electron chi connectivity index (χ4n) is 2.12. The summed E-state index contributed by atoms with van der Waals surface area (Å²) in [5.74, 6) is -0.0797. The van der Waals surface area contributed by atoms with Gasteiger partial charge in [-0.25, -0.2) is 0 Å². The molecule has 2 unspecified atom stereocenters. The smallest absolute Gasteiger partial charge is 0.226 e.